The molecule has 0 unspecified atom stereocenters. The van der Waals surface area contributed by atoms with Gasteiger partial charge in [-0.2, -0.15) is 0 Å². The van der Waals surface area contributed by atoms with Crippen LogP contribution in [0.5, 0.6) is 0 Å². The van der Waals surface area contributed by atoms with Crippen molar-refractivity contribution in [2.75, 3.05) is 5.32 Å². The van der Waals surface area contributed by atoms with Crippen molar-refractivity contribution in [2.24, 2.45) is 0 Å². The van der Waals surface area contributed by atoms with E-state index in [1.807, 2.05) is 6.92 Å². The van der Waals surface area contributed by atoms with Crippen LogP contribution in [0.15, 0.2) is 39.5 Å². The molecule has 0 aliphatic carbocycles. The van der Waals surface area contributed by atoms with Gasteiger partial charge in [-0.1, -0.05) is 0 Å². The fourth-order valence-corrected chi connectivity index (χ4v) is 2.43. The van der Waals surface area contributed by atoms with E-state index in [4.69, 9.17) is 4.42 Å². The fraction of sp³-hybridized carbons (Fsp3) is 0.176. The first-order valence-electron chi connectivity index (χ1n) is 7.10. The third-order valence-electron chi connectivity index (χ3n) is 3.41. The van der Waals surface area contributed by atoms with Crippen molar-refractivity contribution in [1.29, 1.82) is 0 Å². The number of nitrogens with zero attached hydrogens (tertiary/aromatic N) is 2. The highest BCUT2D eigenvalue weighted by molar-refractivity contribution is 6.03. The molecule has 2 aromatic heterocycles. The summed E-state index contributed by atoms with van der Waals surface area (Å²) in [6, 6.07) is 8.25. The summed E-state index contributed by atoms with van der Waals surface area (Å²) in [6.07, 6.45) is 0. The Bertz CT molecular complexity index is 956. The first kappa shape index (κ1) is 14.9. The molecule has 0 spiro atoms. The number of hydrogen-bond acceptors (Lipinski definition) is 5. The average Bonchev–Trinajstić information content (AvgIpc) is 2.45. The Kier molecular flexibility index (Phi) is 3.65. The van der Waals surface area contributed by atoms with E-state index in [0.717, 1.165) is 16.6 Å². The third-order valence-corrected chi connectivity index (χ3v) is 3.41. The Morgan fingerprint density at radius 3 is 2.61 bits per heavy atom. The Hall–Kier alpha value is -3.02. The molecule has 0 aliphatic rings. The molecule has 3 aromatic rings. The number of nitrogens with one attached hydrogen (secondary N) is 1. The van der Waals surface area contributed by atoms with Crippen LogP contribution in [0.2, 0.25) is 0 Å². The summed E-state index contributed by atoms with van der Waals surface area (Å²) in [5.41, 5.74) is 2.40. The molecule has 116 valence electrons. The topological polar surface area (TPSA) is 85.1 Å². The van der Waals surface area contributed by atoms with Gasteiger partial charge < -0.3 is 9.73 Å². The Morgan fingerprint density at radius 1 is 1.09 bits per heavy atom. The van der Waals surface area contributed by atoms with Gasteiger partial charge in [0, 0.05) is 28.9 Å². The zero-order valence-corrected chi connectivity index (χ0v) is 13.0. The summed E-state index contributed by atoms with van der Waals surface area (Å²) in [4.78, 5) is 32.0. The molecular weight excluding hydrogens is 294 g/mol. The lowest BCUT2D eigenvalue weighted by atomic mass is 10.1. The number of hydrogen-bond donors (Lipinski definition) is 1. The van der Waals surface area contributed by atoms with E-state index in [1.54, 1.807) is 38.1 Å². The maximum Gasteiger partial charge on any atom is 0.336 e. The maximum atomic E-state index is 12.3. The average molecular weight is 309 g/mol. The molecule has 1 N–H and O–H groups in total. The van der Waals surface area contributed by atoms with Gasteiger partial charge in [0.25, 0.3) is 5.91 Å². The number of carbonyl (C=O) groups is 1. The van der Waals surface area contributed by atoms with Gasteiger partial charge in [0.15, 0.2) is 0 Å². The monoisotopic (exact) mass is 309 g/mol. The van der Waals surface area contributed by atoms with Crippen LogP contribution in [-0.4, -0.2) is 15.9 Å². The Morgan fingerprint density at radius 2 is 1.87 bits per heavy atom. The molecule has 1 aromatic carbocycles. The Balaban J connectivity index is 1.95. The number of carbonyl (C=O) groups excluding carboxylic acids is 1. The molecule has 0 aliphatic heterocycles. The smallest absolute Gasteiger partial charge is 0.336 e. The highest BCUT2D eigenvalue weighted by Gasteiger charge is 2.11. The molecule has 0 bridgehead atoms. The number of anilines is 1. The summed E-state index contributed by atoms with van der Waals surface area (Å²) < 4.78 is 5.18. The second-order valence-electron chi connectivity index (χ2n) is 5.36. The number of rotatable bonds is 2. The van der Waals surface area contributed by atoms with E-state index in [2.05, 4.69) is 15.3 Å². The minimum absolute atomic E-state index is 0.292. The van der Waals surface area contributed by atoms with Gasteiger partial charge in [-0.15, -0.1) is 0 Å². The van der Waals surface area contributed by atoms with Crippen molar-refractivity contribution >= 4 is 22.6 Å². The Labute approximate surface area is 132 Å². The van der Waals surface area contributed by atoms with Gasteiger partial charge in [-0.05, 0) is 44.5 Å². The van der Waals surface area contributed by atoms with Gasteiger partial charge in [-0.3, -0.25) is 4.79 Å². The van der Waals surface area contributed by atoms with Crippen LogP contribution in [0.1, 0.15) is 27.6 Å². The molecule has 0 radical (unpaired) electrons. The molecule has 2 heterocycles. The van der Waals surface area contributed by atoms with E-state index in [1.165, 1.54) is 6.07 Å². The lowest BCUT2D eigenvalue weighted by Crippen LogP contribution is -2.15. The second-order valence-corrected chi connectivity index (χ2v) is 5.36. The normalized spacial score (nSPS) is 10.7. The summed E-state index contributed by atoms with van der Waals surface area (Å²) in [6.45, 7) is 5.38. The highest BCUT2D eigenvalue weighted by Crippen LogP contribution is 2.21. The molecule has 23 heavy (non-hydrogen) atoms. The van der Waals surface area contributed by atoms with E-state index in [9.17, 15) is 9.59 Å². The molecule has 0 saturated carbocycles. The van der Waals surface area contributed by atoms with E-state index in [0.29, 0.717) is 22.8 Å². The fourth-order valence-electron chi connectivity index (χ4n) is 2.43. The van der Waals surface area contributed by atoms with Crippen molar-refractivity contribution < 1.29 is 9.21 Å². The van der Waals surface area contributed by atoms with Crippen LogP contribution in [0, 0.1) is 20.8 Å². The molecule has 1 amide bonds. The predicted molar refractivity (Wildman–Crippen MR) is 86.7 cm³/mol. The number of fused-ring (bicyclic) bond motifs is 1. The van der Waals surface area contributed by atoms with Gasteiger partial charge >= 0.3 is 5.63 Å². The van der Waals surface area contributed by atoms with Gasteiger partial charge in [0.1, 0.15) is 17.1 Å². The van der Waals surface area contributed by atoms with Crippen LogP contribution >= 0.6 is 0 Å². The molecule has 0 atom stereocenters. The molecule has 0 saturated heterocycles. The third kappa shape index (κ3) is 3.11. The number of benzene rings is 1. The van der Waals surface area contributed by atoms with Gasteiger partial charge in [0.2, 0.25) is 0 Å². The quantitative estimate of drug-likeness (QED) is 0.736. The standard InChI is InChI=1S/C17H15N3O3/c1-9-6-16(21)23-15-8-12(4-5-13(9)15)20-17(22)14-7-10(2)18-11(3)19-14/h4-8H,1-3H3,(H,20,22). The first-order chi connectivity index (χ1) is 10.9. The van der Waals surface area contributed by atoms with Crippen LogP contribution in [-0.2, 0) is 0 Å². The number of aromatic nitrogens is 2. The molecular formula is C17H15N3O3. The summed E-state index contributed by atoms with van der Waals surface area (Å²) in [5, 5.41) is 3.58. The highest BCUT2D eigenvalue weighted by atomic mass is 16.4. The molecule has 0 fully saturated rings. The van der Waals surface area contributed by atoms with Crippen molar-refractivity contribution in [1.82, 2.24) is 9.97 Å². The van der Waals surface area contributed by atoms with Crippen LogP contribution < -0.4 is 10.9 Å². The van der Waals surface area contributed by atoms with Crippen LogP contribution in [0.3, 0.4) is 0 Å². The lowest BCUT2D eigenvalue weighted by molar-refractivity contribution is 0.102. The first-order valence-corrected chi connectivity index (χ1v) is 7.10. The predicted octanol–water partition coefficient (Wildman–Crippen LogP) is 2.76. The van der Waals surface area contributed by atoms with Crippen molar-refractivity contribution in [2.45, 2.75) is 20.8 Å². The summed E-state index contributed by atoms with van der Waals surface area (Å²) in [5.74, 6) is 0.197. The summed E-state index contributed by atoms with van der Waals surface area (Å²) >= 11 is 0. The van der Waals surface area contributed by atoms with Crippen molar-refractivity contribution in [3.63, 3.8) is 0 Å². The van der Waals surface area contributed by atoms with Crippen molar-refractivity contribution in [3.8, 4) is 0 Å². The van der Waals surface area contributed by atoms with E-state index < -0.39 is 5.63 Å². The van der Waals surface area contributed by atoms with Crippen LogP contribution in [0.25, 0.3) is 11.0 Å². The van der Waals surface area contributed by atoms with E-state index in [-0.39, 0.29) is 5.91 Å². The SMILES string of the molecule is Cc1cc(C(=O)Nc2ccc3c(C)cc(=O)oc3c2)nc(C)n1. The number of amides is 1. The van der Waals surface area contributed by atoms with Crippen molar-refractivity contribution in [3.05, 3.63) is 63.5 Å². The van der Waals surface area contributed by atoms with Gasteiger partial charge in [-0.25, -0.2) is 14.8 Å². The maximum absolute atomic E-state index is 12.3. The zero-order chi connectivity index (χ0) is 16.6. The largest absolute Gasteiger partial charge is 0.423 e. The minimum Gasteiger partial charge on any atom is -0.423 e. The summed E-state index contributed by atoms with van der Waals surface area (Å²) in [7, 11) is 0. The molecule has 6 heteroatoms. The molecule has 3 rings (SSSR count). The van der Waals surface area contributed by atoms with E-state index >= 15 is 0 Å². The number of aryl methyl sites for hydroxylation is 3. The molecule has 6 nitrogen and oxygen atoms in total. The van der Waals surface area contributed by atoms with Gasteiger partial charge in [0.05, 0.1) is 0 Å². The lowest BCUT2D eigenvalue weighted by Gasteiger charge is -2.07. The zero-order valence-electron chi connectivity index (χ0n) is 13.0. The van der Waals surface area contributed by atoms with Crippen LogP contribution in [0.4, 0.5) is 5.69 Å². The second kappa shape index (κ2) is 5.64. The minimum atomic E-state index is -0.416.